The van der Waals surface area contributed by atoms with Crippen LogP contribution < -0.4 is 0 Å². The maximum atomic E-state index is 12.7. The lowest BCUT2D eigenvalue weighted by Gasteiger charge is -2.44. The van der Waals surface area contributed by atoms with E-state index in [0.717, 1.165) is 17.4 Å². The summed E-state index contributed by atoms with van der Waals surface area (Å²) in [6.07, 6.45) is 3.01. The van der Waals surface area contributed by atoms with Gasteiger partial charge in [0.2, 0.25) is 0 Å². The maximum absolute atomic E-state index is 12.7. The fourth-order valence-corrected chi connectivity index (χ4v) is 3.95. The molecule has 0 unspecified atom stereocenters. The van der Waals surface area contributed by atoms with Crippen LogP contribution in [0.15, 0.2) is 18.2 Å². The third kappa shape index (κ3) is 3.54. The van der Waals surface area contributed by atoms with Crippen LogP contribution in [0, 0.1) is 23.2 Å². The number of Topliss-reactive ketones (excluding diaryl/α,β-unsaturated/α-hetero) is 1. The van der Waals surface area contributed by atoms with E-state index in [9.17, 15) is 4.79 Å². The fourth-order valence-electron chi connectivity index (χ4n) is 3.95. The molecule has 1 aromatic heterocycles. The fraction of sp³-hybridized carbons (Fsp3) is 0.444. The lowest BCUT2D eigenvalue weighted by Crippen LogP contribution is -2.47. The maximum Gasteiger partial charge on any atom is 0.290 e. The van der Waals surface area contributed by atoms with Crippen molar-refractivity contribution in [1.82, 2.24) is 15.1 Å². The molecular weight excluding hydrogens is 320 g/mol. The molecule has 0 aliphatic carbocycles. The lowest BCUT2D eigenvalue weighted by molar-refractivity contribution is -0.122. The SMILES string of the molecule is N#Cc1ccc2[nH]nc(C(=O)C[C@H]3CN4CCC3CC4)c2c1.O=CO. The highest BCUT2D eigenvalue weighted by Crippen LogP contribution is 2.35. The molecule has 7 heteroatoms. The van der Waals surface area contributed by atoms with Crippen LogP contribution in [0.3, 0.4) is 0 Å². The number of aromatic amines is 1. The predicted octanol–water partition coefficient (Wildman–Crippen LogP) is 2.05. The predicted molar refractivity (Wildman–Crippen MR) is 91.1 cm³/mol. The second-order valence-corrected chi connectivity index (χ2v) is 6.58. The van der Waals surface area contributed by atoms with E-state index >= 15 is 0 Å². The molecule has 4 heterocycles. The van der Waals surface area contributed by atoms with Crippen molar-refractivity contribution in [3.8, 4) is 6.07 Å². The number of H-pyrrole nitrogens is 1. The average Bonchev–Trinajstić information content (AvgIpc) is 3.06. The van der Waals surface area contributed by atoms with E-state index in [-0.39, 0.29) is 12.3 Å². The van der Waals surface area contributed by atoms with Crippen molar-refractivity contribution in [3.05, 3.63) is 29.5 Å². The number of carbonyl (C=O) groups is 2. The molecule has 3 aliphatic heterocycles. The summed E-state index contributed by atoms with van der Waals surface area (Å²) >= 11 is 0. The van der Waals surface area contributed by atoms with Crippen LogP contribution in [0.25, 0.3) is 10.9 Å². The Morgan fingerprint density at radius 1 is 1.44 bits per heavy atom. The number of piperidine rings is 3. The summed E-state index contributed by atoms with van der Waals surface area (Å²) in [5, 5.41) is 23.8. The number of nitrogens with zero attached hydrogens (tertiary/aromatic N) is 3. The summed E-state index contributed by atoms with van der Waals surface area (Å²) in [7, 11) is 0. The minimum absolute atomic E-state index is 0.0973. The molecule has 0 saturated carbocycles. The van der Waals surface area contributed by atoms with E-state index in [2.05, 4.69) is 21.2 Å². The van der Waals surface area contributed by atoms with E-state index in [4.69, 9.17) is 15.2 Å². The standard InChI is InChI=1S/C17H18N4O.CH2O2/c18-9-11-1-2-15-14(7-11)17(20-19-15)16(22)8-13-10-21-5-3-12(13)4-6-21;2-1-3/h1-2,7,12-13H,3-6,8,10H2,(H,19,20);1H,(H,2,3)/t13-;/m0./s1. The van der Waals surface area contributed by atoms with Crippen LogP contribution in [0.2, 0.25) is 0 Å². The number of aromatic nitrogens is 2. The molecule has 2 aromatic rings. The molecule has 25 heavy (non-hydrogen) atoms. The molecule has 130 valence electrons. The minimum Gasteiger partial charge on any atom is -0.483 e. The van der Waals surface area contributed by atoms with Gasteiger partial charge >= 0.3 is 0 Å². The first-order chi connectivity index (χ1) is 12.2. The van der Waals surface area contributed by atoms with Gasteiger partial charge in [-0.25, -0.2) is 0 Å². The van der Waals surface area contributed by atoms with Crippen molar-refractivity contribution in [1.29, 1.82) is 5.26 Å². The molecule has 0 radical (unpaired) electrons. The number of nitrogens with one attached hydrogen (secondary N) is 1. The van der Waals surface area contributed by atoms with E-state index in [1.807, 2.05) is 6.07 Å². The zero-order valence-electron chi connectivity index (χ0n) is 13.8. The number of carbonyl (C=O) groups excluding carboxylic acids is 1. The summed E-state index contributed by atoms with van der Waals surface area (Å²) in [6, 6.07) is 7.42. The molecular formula is C18H20N4O3. The summed E-state index contributed by atoms with van der Waals surface area (Å²) in [4.78, 5) is 23.5. The van der Waals surface area contributed by atoms with Gasteiger partial charge in [0.15, 0.2) is 5.78 Å². The number of benzene rings is 1. The number of hydrogen-bond acceptors (Lipinski definition) is 5. The van der Waals surface area contributed by atoms with Gasteiger partial charge in [-0.1, -0.05) is 0 Å². The molecule has 5 rings (SSSR count). The number of nitriles is 1. The van der Waals surface area contributed by atoms with E-state index in [1.54, 1.807) is 12.1 Å². The van der Waals surface area contributed by atoms with Crippen LogP contribution in [0.5, 0.6) is 0 Å². The molecule has 2 N–H and O–H groups in total. The van der Waals surface area contributed by atoms with E-state index in [0.29, 0.717) is 29.5 Å². The Hall–Kier alpha value is -2.72. The first kappa shape index (κ1) is 17.1. The summed E-state index contributed by atoms with van der Waals surface area (Å²) < 4.78 is 0. The number of fused-ring (bicyclic) bond motifs is 4. The van der Waals surface area contributed by atoms with Gasteiger partial charge in [0, 0.05) is 18.4 Å². The molecule has 2 bridgehead atoms. The van der Waals surface area contributed by atoms with Gasteiger partial charge in [-0.15, -0.1) is 0 Å². The van der Waals surface area contributed by atoms with Crippen LogP contribution >= 0.6 is 0 Å². The van der Waals surface area contributed by atoms with Crippen molar-refractivity contribution in [2.24, 2.45) is 11.8 Å². The molecule has 0 amide bonds. The molecule has 3 aliphatic rings. The highest BCUT2D eigenvalue weighted by Gasteiger charge is 2.35. The first-order valence-electron chi connectivity index (χ1n) is 8.38. The van der Waals surface area contributed by atoms with Gasteiger partial charge in [-0.3, -0.25) is 14.7 Å². The third-order valence-electron chi connectivity index (χ3n) is 5.20. The van der Waals surface area contributed by atoms with Gasteiger partial charge in [-0.05, 0) is 56.0 Å². The Balaban J connectivity index is 0.000000569. The number of carboxylic acid groups (broad SMARTS) is 1. The topological polar surface area (TPSA) is 110 Å². The zero-order valence-corrected chi connectivity index (χ0v) is 13.8. The summed E-state index contributed by atoms with van der Waals surface area (Å²) in [6.45, 7) is 3.17. The number of rotatable bonds is 3. The molecule has 7 nitrogen and oxygen atoms in total. The van der Waals surface area contributed by atoms with Crippen molar-refractivity contribution < 1.29 is 14.7 Å². The van der Waals surface area contributed by atoms with Crippen LogP contribution in [-0.2, 0) is 4.79 Å². The molecule has 3 saturated heterocycles. The lowest BCUT2D eigenvalue weighted by atomic mass is 9.76. The highest BCUT2D eigenvalue weighted by molar-refractivity contribution is 6.06. The number of ketones is 1. The van der Waals surface area contributed by atoms with Crippen molar-refractivity contribution in [2.45, 2.75) is 19.3 Å². The Morgan fingerprint density at radius 3 is 2.76 bits per heavy atom. The normalized spacial score (nSPS) is 24.2. The van der Waals surface area contributed by atoms with Gasteiger partial charge in [0.05, 0.1) is 17.1 Å². The van der Waals surface area contributed by atoms with Crippen LogP contribution in [-0.4, -0.2) is 52.1 Å². The van der Waals surface area contributed by atoms with Gasteiger partial charge < -0.3 is 10.0 Å². The van der Waals surface area contributed by atoms with Crippen molar-refractivity contribution in [3.63, 3.8) is 0 Å². The van der Waals surface area contributed by atoms with Crippen molar-refractivity contribution in [2.75, 3.05) is 19.6 Å². The Morgan fingerprint density at radius 2 is 2.16 bits per heavy atom. The van der Waals surface area contributed by atoms with Crippen LogP contribution in [0.4, 0.5) is 0 Å². The highest BCUT2D eigenvalue weighted by atomic mass is 16.3. The molecule has 1 aromatic carbocycles. The van der Waals surface area contributed by atoms with Gasteiger partial charge in [0.25, 0.3) is 6.47 Å². The smallest absolute Gasteiger partial charge is 0.290 e. The summed E-state index contributed by atoms with van der Waals surface area (Å²) in [5.41, 5.74) is 1.87. The minimum atomic E-state index is -0.250. The first-order valence-corrected chi connectivity index (χ1v) is 8.38. The Kier molecular flexibility index (Phi) is 5.10. The largest absolute Gasteiger partial charge is 0.483 e. The Labute approximate surface area is 145 Å². The monoisotopic (exact) mass is 340 g/mol. The van der Waals surface area contributed by atoms with Crippen molar-refractivity contribution >= 4 is 23.2 Å². The second kappa shape index (κ2) is 7.45. The van der Waals surface area contributed by atoms with E-state index < -0.39 is 0 Å². The molecule has 1 atom stereocenters. The van der Waals surface area contributed by atoms with Crippen LogP contribution in [0.1, 0.15) is 35.3 Å². The van der Waals surface area contributed by atoms with E-state index in [1.165, 1.54) is 25.9 Å². The second-order valence-electron chi connectivity index (χ2n) is 6.58. The average molecular weight is 340 g/mol. The van der Waals surface area contributed by atoms with Gasteiger partial charge in [-0.2, -0.15) is 10.4 Å². The zero-order chi connectivity index (χ0) is 17.8. The number of hydrogen-bond donors (Lipinski definition) is 2. The van der Waals surface area contributed by atoms with Gasteiger partial charge in [0.1, 0.15) is 5.69 Å². The molecule has 0 spiro atoms. The quantitative estimate of drug-likeness (QED) is 0.653. The third-order valence-corrected chi connectivity index (χ3v) is 5.20. The summed E-state index contributed by atoms with van der Waals surface area (Å²) in [5.74, 6) is 1.25. The Bertz CT molecular complexity index is 815. The molecule has 3 fully saturated rings.